The van der Waals surface area contributed by atoms with E-state index in [9.17, 15) is 8.42 Å². The molecule has 0 amide bonds. The first-order valence-corrected chi connectivity index (χ1v) is 8.27. The number of fused-ring (bicyclic) bond motifs is 5. The van der Waals surface area contributed by atoms with E-state index in [1.165, 1.54) is 12.8 Å². The first-order valence-electron chi connectivity index (χ1n) is 6.78. The molecule has 1 aromatic rings. The smallest absolute Gasteiger partial charge is 0.200 e. The molecule has 4 atom stereocenters. The molecule has 19 heavy (non-hydrogen) atoms. The van der Waals surface area contributed by atoms with Crippen LogP contribution in [0.4, 0.5) is 0 Å². The van der Waals surface area contributed by atoms with Gasteiger partial charge in [0.15, 0.2) is 0 Å². The number of benzene rings is 1. The molecule has 0 spiro atoms. The molecule has 3 saturated carbocycles. The Bertz CT molecular complexity index is 639. The minimum Gasteiger partial charge on any atom is -0.200 e. The standard InChI is InChI=1S/C14H16N2O2S/c17-19(18,10-4-2-1-3-5-10)16-15-14-7-9-6-13(14)12-8-11(9)12/h1-5,9,11-13,16H,6-8H2/b15-14+/t9-,11+,12+,13+/m1/s1. The number of nitrogens with zero attached hydrogens (tertiary/aromatic N) is 1. The average Bonchev–Trinajstić information content (AvgIpc) is 3.04. The second-order valence-corrected chi connectivity index (χ2v) is 7.54. The fraction of sp³-hybridized carbons (Fsp3) is 0.500. The molecule has 3 aliphatic rings. The lowest BCUT2D eigenvalue weighted by Gasteiger charge is -2.12. The molecule has 3 aliphatic carbocycles. The van der Waals surface area contributed by atoms with Gasteiger partial charge in [0, 0.05) is 11.6 Å². The molecule has 0 radical (unpaired) electrons. The predicted molar refractivity (Wildman–Crippen MR) is 72.0 cm³/mol. The number of nitrogens with one attached hydrogen (secondary N) is 1. The highest BCUT2D eigenvalue weighted by Crippen LogP contribution is 2.64. The number of hydrogen-bond donors (Lipinski definition) is 1. The monoisotopic (exact) mass is 276 g/mol. The van der Waals surface area contributed by atoms with Crippen molar-refractivity contribution in [2.45, 2.75) is 24.2 Å². The van der Waals surface area contributed by atoms with Crippen LogP contribution in [0.15, 0.2) is 40.3 Å². The van der Waals surface area contributed by atoms with E-state index in [0.717, 1.165) is 29.9 Å². The minimum atomic E-state index is -3.51. The van der Waals surface area contributed by atoms with Gasteiger partial charge in [-0.05, 0) is 49.1 Å². The Morgan fingerprint density at radius 2 is 1.89 bits per heavy atom. The molecule has 0 aromatic heterocycles. The Morgan fingerprint density at radius 3 is 2.58 bits per heavy atom. The maximum absolute atomic E-state index is 12.1. The lowest BCUT2D eigenvalue weighted by atomic mass is 9.99. The van der Waals surface area contributed by atoms with Crippen LogP contribution >= 0.6 is 0 Å². The van der Waals surface area contributed by atoms with Gasteiger partial charge < -0.3 is 0 Å². The van der Waals surface area contributed by atoms with Crippen molar-refractivity contribution in [3.05, 3.63) is 30.3 Å². The highest BCUT2D eigenvalue weighted by molar-refractivity contribution is 7.89. The van der Waals surface area contributed by atoms with Crippen LogP contribution in [0, 0.1) is 23.7 Å². The van der Waals surface area contributed by atoms with E-state index < -0.39 is 10.0 Å². The first-order chi connectivity index (χ1) is 9.15. The van der Waals surface area contributed by atoms with Crippen molar-refractivity contribution < 1.29 is 8.42 Å². The predicted octanol–water partition coefficient (Wildman–Crippen LogP) is 2.00. The zero-order chi connectivity index (χ0) is 13.0. The fourth-order valence-corrected chi connectivity index (χ4v) is 4.71. The molecular weight excluding hydrogens is 260 g/mol. The zero-order valence-electron chi connectivity index (χ0n) is 10.5. The second kappa shape index (κ2) is 3.82. The second-order valence-electron chi connectivity index (χ2n) is 5.88. The summed E-state index contributed by atoms with van der Waals surface area (Å²) in [5, 5.41) is 4.21. The number of hydrogen-bond acceptors (Lipinski definition) is 3. The van der Waals surface area contributed by atoms with Crippen LogP contribution in [0.5, 0.6) is 0 Å². The number of sulfonamides is 1. The lowest BCUT2D eigenvalue weighted by Crippen LogP contribution is -2.23. The van der Waals surface area contributed by atoms with Crippen LogP contribution in [0.25, 0.3) is 0 Å². The minimum absolute atomic E-state index is 0.270. The van der Waals surface area contributed by atoms with Gasteiger partial charge >= 0.3 is 0 Å². The molecule has 1 N–H and O–H groups in total. The maximum Gasteiger partial charge on any atom is 0.276 e. The average molecular weight is 276 g/mol. The maximum atomic E-state index is 12.1. The summed E-state index contributed by atoms with van der Waals surface area (Å²) >= 11 is 0. The van der Waals surface area contributed by atoms with Crippen LogP contribution < -0.4 is 4.83 Å². The van der Waals surface area contributed by atoms with Crippen LogP contribution in [-0.2, 0) is 10.0 Å². The van der Waals surface area contributed by atoms with E-state index in [4.69, 9.17) is 0 Å². The third-order valence-corrected chi connectivity index (χ3v) is 6.06. The van der Waals surface area contributed by atoms with Crippen molar-refractivity contribution in [1.82, 2.24) is 4.83 Å². The molecule has 4 rings (SSSR count). The van der Waals surface area contributed by atoms with Gasteiger partial charge in [0.1, 0.15) is 0 Å². The third-order valence-electron chi connectivity index (χ3n) is 4.83. The molecule has 2 bridgehead atoms. The summed E-state index contributed by atoms with van der Waals surface area (Å²) < 4.78 is 24.1. The molecular formula is C14H16N2O2S. The van der Waals surface area contributed by atoms with E-state index in [-0.39, 0.29) is 4.90 Å². The molecule has 4 nitrogen and oxygen atoms in total. The summed E-state index contributed by atoms with van der Waals surface area (Å²) in [6.45, 7) is 0. The normalized spacial score (nSPS) is 37.4. The summed E-state index contributed by atoms with van der Waals surface area (Å²) in [7, 11) is -3.51. The van der Waals surface area contributed by atoms with E-state index in [0.29, 0.717) is 5.92 Å². The van der Waals surface area contributed by atoms with Gasteiger partial charge in [0.2, 0.25) is 0 Å². The van der Waals surface area contributed by atoms with E-state index in [1.54, 1.807) is 30.3 Å². The Morgan fingerprint density at radius 1 is 1.11 bits per heavy atom. The van der Waals surface area contributed by atoms with Crippen LogP contribution in [0.2, 0.25) is 0 Å². The topological polar surface area (TPSA) is 58.5 Å². The molecule has 0 aliphatic heterocycles. The third kappa shape index (κ3) is 1.79. The summed E-state index contributed by atoms with van der Waals surface area (Å²) in [6, 6.07) is 8.40. The van der Waals surface area contributed by atoms with Gasteiger partial charge in [-0.1, -0.05) is 18.2 Å². The van der Waals surface area contributed by atoms with Gasteiger partial charge in [-0.25, -0.2) is 4.83 Å². The Hall–Kier alpha value is -1.36. The molecule has 0 heterocycles. The number of hydrazone groups is 1. The molecule has 1 aromatic carbocycles. The SMILES string of the molecule is O=S(=O)(N/N=C1\C[C@H]2C[C@H]1[C@H]1C[C@@H]21)c1ccccc1. The van der Waals surface area contributed by atoms with Crippen molar-refractivity contribution >= 4 is 15.7 Å². The van der Waals surface area contributed by atoms with E-state index in [1.807, 2.05) is 0 Å². The Labute approximate surface area is 113 Å². The fourth-order valence-electron chi connectivity index (χ4n) is 3.85. The van der Waals surface area contributed by atoms with Crippen molar-refractivity contribution in [3.8, 4) is 0 Å². The quantitative estimate of drug-likeness (QED) is 0.858. The molecule has 0 unspecified atom stereocenters. The van der Waals surface area contributed by atoms with Gasteiger partial charge in [-0.2, -0.15) is 13.5 Å². The van der Waals surface area contributed by atoms with Crippen LogP contribution in [0.1, 0.15) is 19.3 Å². The summed E-state index contributed by atoms with van der Waals surface area (Å²) in [4.78, 5) is 2.67. The van der Waals surface area contributed by atoms with Crippen molar-refractivity contribution in [1.29, 1.82) is 0 Å². The van der Waals surface area contributed by atoms with Gasteiger partial charge in [0.05, 0.1) is 4.90 Å². The summed E-state index contributed by atoms with van der Waals surface area (Å²) in [6.07, 6.45) is 3.55. The number of rotatable bonds is 3. The Kier molecular flexibility index (Phi) is 2.31. The molecule has 5 heteroatoms. The van der Waals surface area contributed by atoms with Crippen molar-refractivity contribution in [3.63, 3.8) is 0 Å². The van der Waals surface area contributed by atoms with Gasteiger partial charge in [-0.15, -0.1) is 0 Å². The lowest BCUT2D eigenvalue weighted by molar-refractivity contribution is 0.522. The van der Waals surface area contributed by atoms with Gasteiger partial charge in [-0.3, -0.25) is 0 Å². The first kappa shape index (κ1) is 11.5. The van der Waals surface area contributed by atoms with Crippen molar-refractivity contribution in [2.24, 2.45) is 28.8 Å². The zero-order valence-corrected chi connectivity index (χ0v) is 11.3. The van der Waals surface area contributed by atoms with Crippen LogP contribution in [0.3, 0.4) is 0 Å². The van der Waals surface area contributed by atoms with E-state index >= 15 is 0 Å². The van der Waals surface area contributed by atoms with E-state index in [2.05, 4.69) is 9.93 Å². The highest BCUT2D eigenvalue weighted by Gasteiger charge is 2.60. The molecule has 100 valence electrons. The largest absolute Gasteiger partial charge is 0.276 e. The highest BCUT2D eigenvalue weighted by atomic mass is 32.2. The van der Waals surface area contributed by atoms with Crippen LogP contribution in [-0.4, -0.2) is 14.1 Å². The van der Waals surface area contributed by atoms with Crippen molar-refractivity contribution in [2.75, 3.05) is 0 Å². The Balaban J connectivity index is 1.53. The molecule has 0 saturated heterocycles. The molecule has 3 fully saturated rings. The summed E-state index contributed by atoms with van der Waals surface area (Å²) in [5.74, 6) is 3.05. The van der Waals surface area contributed by atoms with Gasteiger partial charge in [0.25, 0.3) is 10.0 Å². The summed E-state index contributed by atoms with van der Waals surface area (Å²) in [5.41, 5.74) is 1.07.